The average molecular weight is 394 g/mol. The molecule has 0 bridgehead atoms. The molecule has 31 heavy (non-hydrogen) atoms. The van der Waals surface area contributed by atoms with Gasteiger partial charge in [0.05, 0.1) is 0 Å². The third-order valence-electron chi connectivity index (χ3n) is 7.64. The summed E-state index contributed by atoms with van der Waals surface area (Å²) in [5, 5.41) is 11.4. The first kappa shape index (κ1) is 17.4. The minimum Gasteiger partial charge on any atom is -0.0681 e. The van der Waals surface area contributed by atoms with E-state index in [1.807, 2.05) is 0 Å². The topological polar surface area (TPSA) is 0 Å². The highest BCUT2D eigenvalue weighted by molar-refractivity contribution is 6.88. The Morgan fingerprint density at radius 2 is 1.23 bits per heavy atom. The third-order valence-corrected chi connectivity index (χ3v) is 7.64. The van der Waals surface area contributed by atoms with E-state index in [0.29, 0.717) is 6.71 Å². The van der Waals surface area contributed by atoms with Crippen molar-refractivity contribution in [1.29, 1.82) is 0 Å². The monoisotopic (exact) mass is 394 g/mol. The van der Waals surface area contributed by atoms with Gasteiger partial charge in [-0.2, -0.15) is 0 Å². The van der Waals surface area contributed by atoms with Crippen molar-refractivity contribution in [2.75, 3.05) is 0 Å². The number of benzene rings is 6. The second-order valence-electron chi connectivity index (χ2n) is 9.51. The average Bonchev–Trinajstić information content (AvgIpc) is 2.76. The van der Waals surface area contributed by atoms with Gasteiger partial charge in [0, 0.05) is 0 Å². The van der Waals surface area contributed by atoms with Crippen molar-refractivity contribution in [1.82, 2.24) is 0 Å². The first-order chi connectivity index (χ1) is 15.1. The van der Waals surface area contributed by atoms with Crippen LogP contribution >= 0.6 is 0 Å². The predicted molar refractivity (Wildman–Crippen MR) is 137 cm³/mol. The molecular formula is C30H23B. The Hall–Kier alpha value is -3.32. The van der Waals surface area contributed by atoms with Gasteiger partial charge in [0.2, 0.25) is 6.71 Å². The van der Waals surface area contributed by atoms with E-state index in [4.69, 9.17) is 0 Å². The van der Waals surface area contributed by atoms with Gasteiger partial charge in [0.1, 0.15) is 0 Å². The fraction of sp³-hybridized carbons (Fsp3) is 0.133. The summed E-state index contributed by atoms with van der Waals surface area (Å²) < 4.78 is 0. The number of hydrogen-bond acceptors (Lipinski definition) is 0. The molecule has 0 nitrogen and oxygen atoms in total. The van der Waals surface area contributed by atoms with Crippen LogP contribution in [0.1, 0.15) is 22.3 Å². The third kappa shape index (κ3) is 2.16. The molecule has 0 saturated heterocycles. The van der Waals surface area contributed by atoms with Crippen molar-refractivity contribution < 1.29 is 0 Å². The lowest BCUT2D eigenvalue weighted by atomic mass is 9.34. The van der Waals surface area contributed by atoms with Crippen LogP contribution in [0.25, 0.3) is 43.1 Å². The van der Waals surface area contributed by atoms with Gasteiger partial charge in [-0.05, 0) is 75.7 Å². The maximum absolute atomic E-state index is 2.42. The van der Waals surface area contributed by atoms with Crippen LogP contribution in [-0.2, 0) is 6.32 Å². The van der Waals surface area contributed by atoms with E-state index in [1.165, 1.54) is 76.3 Å². The Labute approximate surface area is 182 Å². The van der Waals surface area contributed by atoms with Gasteiger partial charge < -0.3 is 0 Å². The molecule has 0 saturated carbocycles. The summed E-state index contributed by atoms with van der Waals surface area (Å²) in [4.78, 5) is 0. The molecule has 146 valence electrons. The second kappa shape index (κ2) is 5.89. The maximum Gasteiger partial charge on any atom is 0.215 e. The maximum atomic E-state index is 2.42. The van der Waals surface area contributed by atoms with Gasteiger partial charge in [-0.15, -0.1) is 0 Å². The van der Waals surface area contributed by atoms with Crippen LogP contribution < -0.4 is 10.9 Å². The van der Waals surface area contributed by atoms with Crippen LogP contribution in [0, 0.1) is 20.8 Å². The molecule has 1 aliphatic rings. The molecule has 0 fully saturated rings. The standard InChI is InChI=1S/C30H23B/c1-17-14-18(2)30(19(3)15-17)31-16-22-11-10-20-6-4-8-23-24-9-5-7-21-12-13-25(31)29(27(21)24)28(22)26(20)23/h4-15H,16H2,1-3H3. The van der Waals surface area contributed by atoms with Crippen molar-refractivity contribution in [3.05, 3.63) is 95.1 Å². The molecule has 0 atom stereocenters. The molecule has 7 rings (SSSR count). The Bertz CT molecular complexity index is 1670. The molecule has 0 radical (unpaired) electrons. The highest BCUT2D eigenvalue weighted by Gasteiger charge is 2.31. The summed E-state index contributed by atoms with van der Waals surface area (Å²) in [5.74, 6) is 0. The molecule has 6 aromatic rings. The molecule has 0 N–H and O–H groups in total. The van der Waals surface area contributed by atoms with Crippen molar-refractivity contribution in [2.45, 2.75) is 27.1 Å². The van der Waals surface area contributed by atoms with Crippen LogP contribution in [0.5, 0.6) is 0 Å². The molecule has 0 aliphatic carbocycles. The summed E-state index contributed by atoms with van der Waals surface area (Å²) in [5.41, 5.74) is 8.71. The van der Waals surface area contributed by atoms with Crippen LogP contribution in [0.3, 0.4) is 0 Å². The Morgan fingerprint density at radius 1 is 0.613 bits per heavy atom. The zero-order chi connectivity index (χ0) is 20.9. The van der Waals surface area contributed by atoms with Crippen molar-refractivity contribution in [3.63, 3.8) is 0 Å². The van der Waals surface area contributed by atoms with Crippen LogP contribution in [0.2, 0.25) is 0 Å². The quantitative estimate of drug-likeness (QED) is 0.173. The number of hydrogen-bond donors (Lipinski definition) is 0. The van der Waals surface area contributed by atoms with Crippen LogP contribution in [-0.4, -0.2) is 6.71 Å². The smallest absolute Gasteiger partial charge is 0.0681 e. The zero-order valence-electron chi connectivity index (χ0n) is 18.2. The molecule has 1 aliphatic heterocycles. The predicted octanol–water partition coefficient (Wildman–Crippen LogP) is 6.37. The Balaban J connectivity index is 1.72. The molecule has 0 amide bonds. The number of aryl methyl sites for hydroxylation is 3. The Kier molecular flexibility index (Phi) is 3.30. The molecule has 6 aromatic carbocycles. The minimum absolute atomic E-state index is 0.406. The summed E-state index contributed by atoms with van der Waals surface area (Å²) in [6, 6.07) is 27.8. The van der Waals surface area contributed by atoms with Gasteiger partial charge in [-0.1, -0.05) is 100 Å². The van der Waals surface area contributed by atoms with E-state index in [0.717, 1.165) is 6.32 Å². The molecular weight excluding hydrogens is 371 g/mol. The summed E-state index contributed by atoms with van der Waals surface area (Å²) in [7, 11) is 0. The highest BCUT2D eigenvalue weighted by Crippen LogP contribution is 2.42. The minimum atomic E-state index is 0.406. The van der Waals surface area contributed by atoms with E-state index in [1.54, 1.807) is 0 Å². The SMILES string of the molecule is Cc1cc(C)c(B2Cc3ccc4cccc5c6cccc7ccc2c(c3c45)c76)c(C)c1. The highest BCUT2D eigenvalue weighted by atomic mass is 14.2. The second-order valence-corrected chi connectivity index (χ2v) is 9.51. The summed E-state index contributed by atoms with van der Waals surface area (Å²) in [6.07, 6.45) is 1.07. The van der Waals surface area contributed by atoms with E-state index < -0.39 is 0 Å². The molecule has 0 aromatic heterocycles. The number of rotatable bonds is 1. The van der Waals surface area contributed by atoms with E-state index in [-0.39, 0.29) is 0 Å². The largest absolute Gasteiger partial charge is 0.215 e. The Morgan fingerprint density at radius 3 is 1.90 bits per heavy atom. The van der Waals surface area contributed by atoms with Gasteiger partial charge in [0.25, 0.3) is 0 Å². The lowest BCUT2D eigenvalue weighted by Crippen LogP contribution is -2.49. The van der Waals surface area contributed by atoms with Gasteiger partial charge in [0.15, 0.2) is 0 Å². The van der Waals surface area contributed by atoms with Crippen LogP contribution in [0.15, 0.2) is 72.8 Å². The lowest BCUT2D eigenvalue weighted by molar-refractivity contribution is 1.33. The fourth-order valence-corrected chi connectivity index (χ4v) is 6.61. The molecule has 0 spiro atoms. The summed E-state index contributed by atoms with van der Waals surface area (Å²) >= 11 is 0. The first-order valence-corrected chi connectivity index (χ1v) is 11.3. The fourth-order valence-electron chi connectivity index (χ4n) is 6.61. The van der Waals surface area contributed by atoms with E-state index >= 15 is 0 Å². The van der Waals surface area contributed by atoms with Crippen molar-refractivity contribution in [2.24, 2.45) is 0 Å². The molecule has 1 heteroatoms. The van der Waals surface area contributed by atoms with Crippen molar-refractivity contribution >= 4 is 60.7 Å². The summed E-state index contributed by atoms with van der Waals surface area (Å²) in [6.45, 7) is 7.20. The van der Waals surface area contributed by atoms with Crippen LogP contribution in [0.4, 0.5) is 0 Å². The van der Waals surface area contributed by atoms with E-state index in [9.17, 15) is 0 Å². The molecule has 1 heterocycles. The normalized spacial score (nSPS) is 13.5. The lowest BCUT2D eigenvalue weighted by Gasteiger charge is -2.29. The van der Waals surface area contributed by atoms with E-state index in [2.05, 4.69) is 93.6 Å². The number of fused-ring (bicyclic) bond motifs is 1. The first-order valence-electron chi connectivity index (χ1n) is 11.3. The van der Waals surface area contributed by atoms with Gasteiger partial charge >= 0.3 is 0 Å². The zero-order valence-corrected chi connectivity index (χ0v) is 18.2. The van der Waals surface area contributed by atoms with Crippen molar-refractivity contribution in [3.8, 4) is 0 Å². The van der Waals surface area contributed by atoms with Gasteiger partial charge in [-0.3, -0.25) is 0 Å². The molecule has 0 unspecified atom stereocenters. The van der Waals surface area contributed by atoms with Gasteiger partial charge in [-0.25, -0.2) is 0 Å².